The minimum Gasteiger partial charge on any atom is -0.493 e. The highest BCUT2D eigenvalue weighted by Gasteiger charge is 2.34. The Balaban J connectivity index is 1.30. The van der Waals surface area contributed by atoms with Gasteiger partial charge >= 0.3 is 0 Å². The summed E-state index contributed by atoms with van der Waals surface area (Å²) in [7, 11) is 4.81. The Morgan fingerprint density at radius 2 is 1.61 bits per heavy atom. The summed E-state index contributed by atoms with van der Waals surface area (Å²) >= 11 is 0. The molecule has 0 aliphatic carbocycles. The Hall–Kier alpha value is -4.02. The van der Waals surface area contributed by atoms with Gasteiger partial charge in [0.2, 0.25) is 5.75 Å². The summed E-state index contributed by atoms with van der Waals surface area (Å²) in [5, 5.41) is 11.6. The molecule has 0 bridgehead atoms. The summed E-state index contributed by atoms with van der Waals surface area (Å²) in [5.74, 6) is 2.58. The normalized spacial score (nSPS) is 15.5. The number of halogens is 1. The van der Waals surface area contributed by atoms with Gasteiger partial charge in [-0.3, -0.25) is 0 Å². The van der Waals surface area contributed by atoms with Crippen molar-refractivity contribution < 1.29 is 23.0 Å². The van der Waals surface area contributed by atoms with Crippen molar-refractivity contribution in [3.8, 4) is 34.6 Å². The molecule has 232 valence electrons. The first-order chi connectivity index (χ1) is 21.5. The number of piperidine rings is 1. The van der Waals surface area contributed by atoms with Crippen molar-refractivity contribution in [3.63, 3.8) is 0 Å². The Bertz CT molecular complexity index is 1560. The lowest BCUT2D eigenvalue weighted by atomic mass is 9.74. The third-order valence-electron chi connectivity index (χ3n) is 9.19. The van der Waals surface area contributed by atoms with Crippen molar-refractivity contribution >= 4 is 11.0 Å². The van der Waals surface area contributed by atoms with E-state index in [1.807, 2.05) is 36.4 Å². The fourth-order valence-electron chi connectivity index (χ4n) is 6.78. The number of ether oxygens (including phenoxy) is 3. The van der Waals surface area contributed by atoms with E-state index in [0.29, 0.717) is 28.7 Å². The van der Waals surface area contributed by atoms with Gasteiger partial charge in [0.25, 0.3) is 0 Å². The van der Waals surface area contributed by atoms with Crippen LogP contribution < -0.4 is 14.2 Å². The first-order valence-electron chi connectivity index (χ1n) is 15.7. The number of rotatable bonds is 13. The Morgan fingerprint density at radius 3 is 2.23 bits per heavy atom. The zero-order valence-corrected chi connectivity index (χ0v) is 26.3. The molecule has 4 aromatic rings. The van der Waals surface area contributed by atoms with Gasteiger partial charge in [-0.15, -0.1) is 0 Å². The predicted molar refractivity (Wildman–Crippen MR) is 172 cm³/mol. The number of methoxy groups -OCH3 is 3. The largest absolute Gasteiger partial charge is 0.493 e. The molecule has 0 N–H and O–H groups in total. The second-order valence-electron chi connectivity index (χ2n) is 11.8. The molecule has 7 heteroatoms. The number of nitriles is 1. The van der Waals surface area contributed by atoms with Crippen LogP contribution in [-0.2, 0) is 5.41 Å². The molecule has 3 aromatic carbocycles. The number of furan rings is 1. The van der Waals surface area contributed by atoms with Gasteiger partial charge in [0.1, 0.15) is 17.2 Å². The van der Waals surface area contributed by atoms with Crippen LogP contribution in [-0.4, -0.2) is 45.9 Å². The third kappa shape index (κ3) is 6.42. The molecule has 1 aromatic heterocycles. The highest BCUT2D eigenvalue weighted by atomic mass is 19.1. The van der Waals surface area contributed by atoms with Crippen molar-refractivity contribution in [2.24, 2.45) is 0 Å². The minimum absolute atomic E-state index is 0.286. The average molecular weight is 599 g/mol. The number of unbranched alkanes of at least 4 members (excludes halogenated alkanes) is 1. The van der Waals surface area contributed by atoms with Gasteiger partial charge in [0.15, 0.2) is 11.5 Å². The van der Waals surface area contributed by atoms with Crippen LogP contribution in [0.4, 0.5) is 4.39 Å². The van der Waals surface area contributed by atoms with E-state index in [4.69, 9.17) is 18.6 Å². The van der Waals surface area contributed by atoms with Gasteiger partial charge in [0.05, 0.1) is 32.8 Å². The molecule has 6 nitrogen and oxygen atoms in total. The maximum Gasteiger partial charge on any atom is 0.203 e. The Morgan fingerprint density at radius 1 is 0.932 bits per heavy atom. The quantitative estimate of drug-likeness (QED) is 0.153. The lowest BCUT2D eigenvalue weighted by molar-refractivity contribution is 0.204. The maximum atomic E-state index is 14.1. The fourth-order valence-corrected chi connectivity index (χ4v) is 6.78. The van der Waals surface area contributed by atoms with E-state index in [1.165, 1.54) is 17.7 Å². The van der Waals surface area contributed by atoms with E-state index in [-0.39, 0.29) is 5.82 Å². The topological polar surface area (TPSA) is 67.9 Å². The van der Waals surface area contributed by atoms with Gasteiger partial charge in [-0.1, -0.05) is 50.1 Å². The summed E-state index contributed by atoms with van der Waals surface area (Å²) in [5.41, 5.74) is 3.09. The molecule has 1 aliphatic heterocycles. The first-order valence-corrected chi connectivity index (χ1v) is 15.7. The van der Waals surface area contributed by atoms with Crippen LogP contribution in [0.2, 0.25) is 0 Å². The SMILES string of the molecule is CCCCC(C#N)(CCCN1CCC(c2c(-c3ccccc3)oc3cc(F)ccc23)CC1)c1cc(OC)c(OC)c(OC)c1. The molecule has 0 amide bonds. The standard InChI is InChI=1S/C37H43FN2O4/c1-5-6-17-37(25-39,28-22-32(41-2)36(43-4)33(23-28)42-3)18-10-19-40-20-15-26(16-21-40)34-30-14-13-29(38)24-31(30)44-35(34)27-11-8-7-9-12-27/h7-9,11-14,22-24,26H,5-6,10,15-21H2,1-4H3. The van der Waals surface area contributed by atoms with E-state index in [9.17, 15) is 9.65 Å². The number of hydrogen-bond donors (Lipinski definition) is 0. The lowest BCUT2D eigenvalue weighted by Gasteiger charge is -2.34. The predicted octanol–water partition coefficient (Wildman–Crippen LogP) is 8.88. The molecule has 1 fully saturated rings. The molecule has 44 heavy (non-hydrogen) atoms. The maximum absolute atomic E-state index is 14.1. The second kappa shape index (κ2) is 14.2. The molecule has 2 heterocycles. The Kier molecular flexibility index (Phi) is 10.1. The molecule has 0 saturated carbocycles. The third-order valence-corrected chi connectivity index (χ3v) is 9.19. The van der Waals surface area contributed by atoms with Crippen LogP contribution >= 0.6 is 0 Å². The highest BCUT2D eigenvalue weighted by molar-refractivity contribution is 5.88. The van der Waals surface area contributed by atoms with Gasteiger partial charge in [-0.2, -0.15) is 5.26 Å². The van der Waals surface area contributed by atoms with Crippen molar-refractivity contribution in [2.75, 3.05) is 41.0 Å². The monoisotopic (exact) mass is 598 g/mol. The number of benzene rings is 3. The van der Waals surface area contributed by atoms with Gasteiger partial charge in [0, 0.05) is 22.6 Å². The molecule has 1 aliphatic rings. The van der Waals surface area contributed by atoms with Gasteiger partial charge in [-0.05, 0) is 87.5 Å². The summed E-state index contributed by atoms with van der Waals surface area (Å²) < 4.78 is 37.1. The van der Waals surface area contributed by atoms with E-state index in [1.54, 1.807) is 21.3 Å². The number of hydrogen-bond acceptors (Lipinski definition) is 6. The molecular formula is C37H43FN2O4. The number of likely N-dealkylation sites (tertiary alicyclic amines) is 1. The minimum atomic E-state index is -0.642. The second-order valence-corrected chi connectivity index (χ2v) is 11.8. The molecule has 0 radical (unpaired) electrons. The molecule has 1 unspecified atom stereocenters. The van der Waals surface area contributed by atoms with E-state index in [2.05, 4.69) is 30.0 Å². The van der Waals surface area contributed by atoms with Gasteiger partial charge < -0.3 is 23.5 Å². The molecule has 1 atom stereocenters. The fraction of sp³-hybridized carbons (Fsp3) is 0.432. The average Bonchev–Trinajstić information content (AvgIpc) is 3.45. The van der Waals surface area contributed by atoms with Crippen molar-refractivity contribution in [1.82, 2.24) is 4.90 Å². The summed E-state index contributed by atoms with van der Waals surface area (Å²) in [4.78, 5) is 2.51. The number of fused-ring (bicyclic) bond motifs is 1. The molecular weight excluding hydrogens is 555 g/mol. The summed E-state index contributed by atoms with van der Waals surface area (Å²) in [6, 6.07) is 21.6. The smallest absolute Gasteiger partial charge is 0.203 e. The van der Waals surface area contributed by atoms with Crippen LogP contribution in [0.25, 0.3) is 22.3 Å². The lowest BCUT2D eigenvalue weighted by Crippen LogP contribution is -2.35. The van der Waals surface area contributed by atoms with Crippen LogP contribution in [0, 0.1) is 17.1 Å². The number of nitrogens with zero attached hydrogens (tertiary/aromatic N) is 2. The van der Waals surface area contributed by atoms with Crippen LogP contribution in [0.15, 0.2) is 65.1 Å². The Labute approximate surface area is 260 Å². The van der Waals surface area contributed by atoms with Crippen LogP contribution in [0.3, 0.4) is 0 Å². The first kappa shape index (κ1) is 31.4. The zero-order chi connectivity index (χ0) is 31.1. The zero-order valence-electron chi connectivity index (χ0n) is 26.3. The van der Waals surface area contributed by atoms with Gasteiger partial charge in [-0.25, -0.2) is 4.39 Å². The van der Waals surface area contributed by atoms with E-state index in [0.717, 1.165) is 86.9 Å². The highest BCUT2D eigenvalue weighted by Crippen LogP contribution is 2.45. The van der Waals surface area contributed by atoms with Crippen molar-refractivity contribution in [3.05, 3.63) is 77.6 Å². The van der Waals surface area contributed by atoms with Crippen molar-refractivity contribution in [2.45, 2.75) is 63.2 Å². The van der Waals surface area contributed by atoms with E-state index < -0.39 is 5.41 Å². The molecule has 1 saturated heterocycles. The van der Waals surface area contributed by atoms with Crippen molar-refractivity contribution in [1.29, 1.82) is 5.26 Å². The summed E-state index contributed by atoms with van der Waals surface area (Å²) in [6.45, 7) is 5.01. The molecule has 5 rings (SSSR count). The molecule has 0 spiro atoms. The summed E-state index contributed by atoms with van der Waals surface area (Å²) in [6.07, 6.45) is 6.40. The van der Waals surface area contributed by atoms with E-state index >= 15 is 0 Å². The van der Waals surface area contributed by atoms with Crippen LogP contribution in [0.1, 0.15) is 68.9 Å². The van der Waals surface area contributed by atoms with Crippen LogP contribution in [0.5, 0.6) is 17.2 Å².